The summed E-state index contributed by atoms with van der Waals surface area (Å²) >= 11 is 5.83. The highest BCUT2D eigenvalue weighted by Gasteiger charge is 2.14. The molecule has 8 nitrogen and oxygen atoms in total. The van der Waals surface area contributed by atoms with Gasteiger partial charge in [0.15, 0.2) is 11.5 Å². The van der Waals surface area contributed by atoms with Crippen molar-refractivity contribution in [2.75, 3.05) is 12.4 Å². The summed E-state index contributed by atoms with van der Waals surface area (Å²) < 4.78 is 10.7. The number of hydrogen-bond donors (Lipinski definition) is 2. The first-order chi connectivity index (χ1) is 15.9. The Labute approximate surface area is 195 Å². The third-order valence-corrected chi connectivity index (χ3v) is 4.58. The molecule has 3 rings (SSSR count). The second-order valence-corrected chi connectivity index (χ2v) is 7.27. The van der Waals surface area contributed by atoms with Gasteiger partial charge in [0.2, 0.25) is 0 Å². The average Bonchev–Trinajstić information content (AvgIpc) is 2.80. The van der Waals surface area contributed by atoms with Crippen LogP contribution in [0.2, 0.25) is 5.02 Å². The van der Waals surface area contributed by atoms with Crippen molar-refractivity contribution in [3.8, 4) is 11.5 Å². The van der Waals surface area contributed by atoms with Crippen LogP contribution in [-0.4, -0.2) is 31.1 Å². The van der Waals surface area contributed by atoms with E-state index in [4.69, 9.17) is 21.1 Å². The molecule has 2 amide bonds. The Balaban J connectivity index is 1.60. The van der Waals surface area contributed by atoms with E-state index < -0.39 is 17.8 Å². The van der Waals surface area contributed by atoms with E-state index in [1.807, 2.05) is 13.0 Å². The lowest BCUT2D eigenvalue weighted by Gasteiger charge is -2.10. The fourth-order valence-corrected chi connectivity index (χ4v) is 2.85. The van der Waals surface area contributed by atoms with Crippen LogP contribution in [0.15, 0.2) is 71.8 Å². The molecule has 0 radical (unpaired) electrons. The first kappa shape index (κ1) is 23.5. The molecule has 0 heterocycles. The second-order valence-electron chi connectivity index (χ2n) is 6.83. The van der Waals surface area contributed by atoms with Gasteiger partial charge in [-0.15, -0.1) is 0 Å². The molecule has 3 aromatic carbocycles. The van der Waals surface area contributed by atoms with Crippen LogP contribution in [0, 0.1) is 6.92 Å². The molecule has 168 valence electrons. The van der Waals surface area contributed by atoms with Gasteiger partial charge in [-0.2, -0.15) is 5.10 Å². The zero-order valence-corrected chi connectivity index (χ0v) is 18.6. The number of nitrogens with zero attached hydrogens (tertiary/aromatic N) is 1. The van der Waals surface area contributed by atoms with Crippen LogP contribution < -0.4 is 20.2 Å². The Morgan fingerprint density at radius 3 is 2.39 bits per heavy atom. The fraction of sp³-hybridized carbons (Fsp3) is 0.0833. The van der Waals surface area contributed by atoms with E-state index in [9.17, 15) is 14.4 Å². The predicted octanol–water partition coefficient (Wildman–Crippen LogP) is 3.97. The van der Waals surface area contributed by atoms with Gasteiger partial charge in [0, 0.05) is 10.7 Å². The third-order valence-electron chi connectivity index (χ3n) is 4.33. The molecule has 0 aromatic heterocycles. The summed E-state index contributed by atoms with van der Waals surface area (Å²) in [5, 5.41) is 6.78. The molecule has 3 aromatic rings. The minimum Gasteiger partial charge on any atom is -0.493 e. The van der Waals surface area contributed by atoms with Crippen molar-refractivity contribution in [3.63, 3.8) is 0 Å². The van der Waals surface area contributed by atoms with Crippen molar-refractivity contribution in [1.82, 2.24) is 5.43 Å². The quantitative estimate of drug-likeness (QED) is 0.188. The van der Waals surface area contributed by atoms with Crippen molar-refractivity contribution < 1.29 is 23.9 Å². The van der Waals surface area contributed by atoms with E-state index >= 15 is 0 Å². The predicted molar refractivity (Wildman–Crippen MR) is 125 cm³/mol. The van der Waals surface area contributed by atoms with E-state index in [1.165, 1.54) is 19.4 Å². The largest absolute Gasteiger partial charge is 0.493 e. The summed E-state index contributed by atoms with van der Waals surface area (Å²) in [5.41, 5.74) is 4.48. The maximum absolute atomic E-state index is 12.3. The SMILES string of the molecule is COc1cc(/C=N\NC(=O)C(=O)Nc2cccc(C)c2)ccc1OC(=O)c1ccc(Cl)cc1. The van der Waals surface area contributed by atoms with Gasteiger partial charge in [-0.1, -0.05) is 23.7 Å². The summed E-state index contributed by atoms with van der Waals surface area (Å²) in [4.78, 5) is 36.2. The van der Waals surface area contributed by atoms with Gasteiger partial charge in [-0.25, -0.2) is 10.2 Å². The zero-order chi connectivity index (χ0) is 23.8. The number of esters is 1. The molecule has 0 unspecified atom stereocenters. The maximum atomic E-state index is 12.3. The van der Waals surface area contributed by atoms with Crippen LogP contribution in [0.4, 0.5) is 5.69 Å². The number of carbonyl (C=O) groups is 3. The summed E-state index contributed by atoms with van der Waals surface area (Å²) in [5.74, 6) is -1.85. The molecular formula is C24H20ClN3O5. The van der Waals surface area contributed by atoms with Gasteiger partial charge in [0.25, 0.3) is 0 Å². The van der Waals surface area contributed by atoms with Gasteiger partial charge >= 0.3 is 17.8 Å². The number of hydrogen-bond acceptors (Lipinski definition) is 6. The van der Waals surface area contributed by atoms with Crippen LogP contribution in [0.5, 0.6) is 11.5 Å². The van der Waals surface area contributed by atoms with Crippen molar-refractivity contribution in [3.05, 3.63) is 88.4 Å². The molecular weight excluding hydrogens is 446 g/mol. The van der Waals surface area contributed by atoms with Crippen LogP contribution in [0.1, 0.15) is 21.5 Å². The molecule has 0 aliphatic heterocycles. The first-order valence-electron chi connectivity index (χ1n) is 9.72. The third kappa shape index (κ3) is 6.65. The van der Waals surface area contributed by atoms with Crippen molar-refractivity contribution in [1.29, 1.82) is 0 Å². The smallest absolute Gasteiger partial charge is 0.343 e. The number of benzene rings is 3. The fourth-order valence-electron chi connectivity index (χ4n) is 2.72. The van der Waals surface area contributed by atoms with Crippen molar-refractivity contribution in [2.45, 2.75) is 6.92 Å². The minimum absolute atomic E-state index is 0.205. The summed E-state index contributed by atoms with van der Waals surface area (Å²) in [6, 6.07) is 18.0. The summed E-state index contributed by atoms with van der Waals surface area (Å²) in [6.07, 6.45) is 1.32. The van der Waals surface area contributed by atoms with E-state index in [1.54, 1.807) is 54.6 Å². The molecule has 0 fully saturated rings. The van der Waals surface area contributed by atoms with Gasteiger partial charge in [-0.05, 0) is 72.6 Å². The maximum Gasteiger partial charge on any atom is 0.343 e. The van der Waals surface area contributed by atoms with E-state index in [0.717, 1.165) is 5.56 Å². The number of ether oxygens (including phenoxy) is 2. The van der Waals surface area contributed by atoms with Crippen molar-refractivity contribution in [2.24, 2.45) is 5.10 Å². The normalized spacial score (nSPS) is 10.5. The highest BCUT2D eigenvalue weighted by atomic mass is 35.5. The molecule has 0 aliphatic carbocycles. The number of aryl methyl sites for hydroxylation is 1. The van der Waals surface area contributed by atoms with E-state index in [2.05, 4.69) is 15.8 Å². The van der Waals surface area contributed by atoms with Gasteiger partial charge < -0.3 is 14.8 Å². The van der Waals surface area contributed by atoms with Crippen LogP contribution >= 0.6 is 11.6 Å². The standard InChI is InChI=1S/C24H20ClN3O5/c1-15-4-3-5-19(12-15)27-22(29)23(30)28-26-14-16-6-11-20(21(13-16)32-2)33-24(31)17-7-9-18(25)10-8-17/h3-14H,1-2H3,(H,27,29)(H,28,30)/b26-14-. The number of hydrazone groups is 1. The lowest BCUT2D eigenvalue weighted by atomic mass is 10.2. The molecule has 2 N–H and O–H groups in total. The van der Waals surface area contributed by atoms with Gasteiger partial charge in [0.05, 0.1) is 18.9 Å². The van der Waals surface area contributed by atoms with Crippen molar-refractivity contribution >= 4 is 41.3 Å². The summed E-state index contributed by atoms with van der Waals surface area (Å²) in [7, 11) is 1.42. The van der Waals surface area contributed by atoms with Gasteiger partial charge in [0.1, 0.15) is 0 Å². The average molecular weight is 466 g/mol. The lowest BCUT2D eigenvalue weighted by Crippen LogP contribution is -2.32. The van der Waals surface area contributed by atoms with Crippen LogP contribution in [-0.2, 0) is 9.59 Å². The Bertz CT molecular complexity index is 1210. The number of carbonyl (C=O) groups excluding carboxylic acids is 3. The Morgan fingerprint density at radius 2 is 1.70 bits per heavy atom. The second kappa shape index (κ2) is 10.9. The number of halogens is 1. The molecule has 0 saturated heterocycles. The topological polar surface area (TPSA) is 106 Å². The highest BCUT2D eigenvalue weighted by molar-refractivity contribution is 6.39. The number of nitrogens with one attached hydrogen (secondary N) is 2. The molecule has 0 saturated carbocycles. The zero-order valence-electron chi connectivity index (χ0n) is 17.8. The first-order valence-corrected chi connectivity index (χ1v) is 10.1. The Kier molecular flexibility index (Phi) is 7.77. The molecule has 0 spiro atoms. The highest BCUT2D eigenvalue weighted by Crippen LogP contribution is 2.28. The molecule has 9 heteroatoms. The number of methoxy groups -OCH3 is 1. The van der Waals surface area contributed by atoms with Crippen LogP contribution in [0.3, 0.4) is 0 Å². The number of amides is 2. The molecule has 0 atom stereocenters. The molecule has 33 heavy (non-hydrogen) atoms. The monoisotopic (exact) mass is 465 g/mol. The summed E-state index contributed by atoms with van der Waals surface area (Å²) in [6.45, 7) is 1.87. The molecule has 0 aliphatic rings. The van der Waals surface area contributed by atoms with E-state index in [-0.39, 0.29) is 11.5 Å². The number of rotatable bonds is 6. The van der Waals surface area contributed by atoms with E-state index in [0.29, 0.717) is 21.8 Å². The minimum atomic E-state index is -0.923. The van der Waals surface area contributed by atoms with Gasteiger partial charge in [-0.3, -0.25) is 9.59 Å². The lowest BCUT2D eigenvalue weighted by molar-refractivity contribution is -0.136. The van der Waals surface area contributed by atoms with Crippen LogP contribution in [0.25, 0.3) is 0 Å². The number of anilines is 1. The molecule has 0 bridgehead atoms. The Hall–Kier alpha value is -4.17. The Morgan fingerprint density at radius 1 is 0.939 bits per heavy atom.